The molecule has 1 heterocycles. The summed E-state index contributed by atoms with van der Waals surface area (Å²) in [5, 5.41) is 13.9. The maximum atomic E-state index is 13.9. The van der Waals surface area contributed by atoms with Crippen LogP contribution >= 0.6 is 0 Å². The summed E-state index contributed by atoms with van der Waals surface area (Å²) in [6.45, 7) is 11.5. The van der Waals surface area contributed by atoms with Gasteiger partial charge in [0.1, 0.15) is 12.4 Å². The van der Waals surface area contributed by atoms with Gasteiger partial charge in [-0.2, -0.15) is 0 Å². The Morgan fingerprint density at radius 2 is 1.62 bits per heavy atom. The van der Waals surface area contributed by atoms with E-state index in [1.54, 1.807) is 17.0 Å². The lowest BCUT2D eigenvalue weighted by molar-refractivity contribution is -0.895. The normalized spacial score (nSPS) is 16.7. The Morgan fingerprint density at radius 3 is 2.23 bits per heavy atom. The summed E-state index contributed by atoms with van der Waals surface area (Å²) < 4.78 is 5.93. The van der Waals surface area contributed by atoms with Gasteiger partial charge in [0, 0.05) is 5.57 Å². The maximum Gasteiger partial charge on any atom is 0.295 e. The molecule has 3 aromatic rings. The van der Waals surface area contributed by atoms with Crippen LogP contribution in [0.4, 0.5) is 0 Å². The van der Waals surface area contributed by atoms with Gasteiger partial charge in [0.2, 0.25) is 5.78 Å². The highest BCUT2D eigenvalue weighted by Crippen LogP contribution is 2.39. The highest BCUT2D eigenvalue weighted by Gasteiger charge is 2.44. The smallest absolute Gasteiger partial charge is 0.295 e. The molecule has 0 bridgehead atoms. The zero-order chi connectivity index (χ0) is 27.9. The van der Waals surface area contributed by atoms with Crippen molar-refractivity contribution >= 4 is 17.4 Å². The average molecular weight is 527 g/mol. The Bertz CT molecular complexity index is 1330. The number of hydrogen-bond donors (Lipinski definition) is 1. The third-order valence-electron chi connectivity index (χ3n) is 7.63. The monoisotopic (exact) mass is 526 g/mol. The minimum atomic E-state index is -0.706. The lowest BCUT2D eigenvalue weighted by Crippen LogP contribution is -3.12. The van der Waals surface area contributed by atoms with Crippen LogP contribution in [0.15, 0.2) is 78.4 Å². The molecule has 1 amide bonds. The molecular weight excluding hydrogens is 488 g/mol. The van der Waals surface area contributed by atoms with Crippen LogP contribution < -0.4 is 14.7 Å². The Kier molecular flexibility index (Phi) is 9.20. The molecule has 1 unspecified atom stereocenters. The molecule has 6 heteroatoms. The lowest BCUT2D eigenvalue weighted by Gasteiger charge is -2.29. The SMILES string of the molecule is CCc1ccc(C2/C(=C(\[O-])c3ccc(OCc4ccccc4)cc3C)C(=O)C(=O)N2CC[NH+](CC)CC)cc1. The van der Waals surface area contributed by atoms with Crippen molar-refractivity contribution in [1.82, 2.24) is 4.90 Å². The van der Waals surface area contributed by atoms with Crippen molar-refractivity contribution in [3.63, 3.8) is 0 Å². The molecule has 0 aliphatic carbocycles. The number of benzene rings is 3. The van der Waals surface area contributed by atoms with Crippen LogP contribution in [0.5, 0.6) is 5.75 Å². The highest BCUT2D eigenvalue weighted by molar-refractivity contribution is 6.46. The summed E-state index contributed by atoms with van der Waals surface area (Å²) in [5.74, 6) is -1.07. The van der Waals surface area contributed by atoms with Crippen molar-refractivity contribution in [2.75, 3.05) is 26.2 Å². The summed E-state index contributed by atoms with van der Waals surface area (Å²) >= 11 is 0. The topological polar surface area (TPSA) is 74.1 Å². The zero-order valence-electron chi connectivity index (χ0n) is 23.3. The van der Waals surface area contributed by atoms with E-state index in [2.05, 4.69) is 20.8 Å². The second-order valence-electron chi connectivity index (χ2n) is 10.0. The lowest BCUT2D eigenvalue weighted by atomic mass is 9.93. The first-order valence-corrected chi connectivity index (χ1v) is 13.8. The van der Waals surface area contributed by atoms with Crippen molar-refractivity contribution in [1.29, 1.82) is 0 Å². The number of likely N-dealkylation sites (N-methyl/N-ethyl adjacent to an activating group) is 1. The third kappa shape index (κ3) is 6.23. The van der Waals surface area contributed by atoms with E-state index in [0.717, 1.165) is 36.2 Å². The van der Waals surface area contributed by atoms with Gasteiger partial charge in [0.15, 0.2) is 0 Å². The predicted octanol–water partition coefficient (Wildman–Crippen LogP) is 3.29. The van der Waals surface area contributed by atoms with Gasteiger partial charge in [-0.1, -0.05) is 73.3 Å². The van der Waals surface area contributed by atoms with E-state index in [-0.39, 0.29) is 5.57 Å². The average Bonchev–Trinajstić information content (AvgIpc) is 3.22. The van der Waals surface area contributed by atoms with Crippen LogP contribution in [0.2, 0.25) is 0 Å². The van der Waals surface area contributed by atoms with Gasteiger partial charge in [-0.25, -0.2) is 0 Å². The number of quaternary nitrogens is 1. The van der Waals surface area contributed by atoms with Gasteiger partial charge in [-0.15, -0.1) is 0 Å². The number of nitrogens with zero attached hydrogens (tertiary/aromatic N) is 1. The molecule has 1 aliphatic heterocycles. The van der Waals surface area contributed by atoms with Crippen molar-refractivity contribution in [3.8, 4) is 5.75 Å². The fourth-order valence-corrected chi connectivity index (χ4v) is 5.13. The molecule has 1 saturated heterocycles. The Hall–Kier alpha value is -3.90. The molecule has 1 aliphatic rings. The number of nitrogens with one attached hydrogen (secondary N) is 1. The number of rotatable bonds is 11. The summed E-state index contributed by atoms with van der Waals surface area (Å²) in [6, 6.07) is 22.3. The minimum Gasteiger partial charge on any atom is -0.872 e. The van der Waals surface area contributed by atoms with Crippen molar-refractivity contribution in [2.45, 2.75) is 46.8 Å². The van der Waals surface area contributed by atoms with E-state index in [1.165, 1.54) is 4.90 Å². The van der Waals surface area contributed by atoms with Crippen molar-refractivity contribution in [2.24, 2.45) is 0 Å². The minimum absolute atomic E-state index is 0.0276. The van der Waals surface area contributed by atoms with Crippen LogP contribution in [0, 0.1) is 6.92 Å². The van der Waals surface area contributed by atoms with E-state index in [4.69, 9.17) is 4.74 Å². The van der Waals surface area contributed by atoms with Crippen LogP contribution in [-0.4, -0.2) is 42.8 Å². The molecule has 0 spiro atoms. The second-order valence-corrected chi connectivity index (χ2v) is 10.0. The van der Waals surface area contributed by atoms with Crippen molar-refractivity contribution in [3.05, 3.63) is 106 Å². The number of ether oxygens (including phenoxy) is 1. The Balaban J connectivity index is 1.69. The first kappa shape index (κ1) is 28.1. The Morgan fingerprint density at radius 1 is 0.923 bits per heavy atom. The second kappa shape index (κ2) is 12.8. The van der Waals surface area contributed by atoms with Gasteiger partial charge in [-0.3, -0.25) is 9.59 Å². The molecule has 39 heavy (non-hydrogen) atoms. The fourth-order valence-electron chi connectivity index (χ4n) is 5.13. The third-order valence-corrected chi connectivity index (χ3v) is 7.63. The molecular formula is C33H38N2O4. The van der Waals surface area contributed by atoms with Gasteiger partial charge < -0.3 is 19.6 Å². The molecule has 4 rings (SSSR count). The molecule has 204 valence electrons. The van der Waals surface area contributed by atoms with E-state index in [1.807, 2.05) is 67.6 Å². The molecule has 0 saturated carbocycles. The molecule has 6 nitrogen and oxygen atoms in total. The molecule has 3 aromatic carbocycles. The first-order valence-electron chi connectivity index (χ1n) is 13.8. The number of carbonyl (C=O) groups is 2. The van der Waals surface area contributed by atoms with E-state index < -0.39 is 23.5 Å². The van der Waals surface area contributed by atoms with Gasteiger partial charge in [0.05, 0.1) is 32.2 Å². The molecule has 0 radical (unpaired) electrons. The molecule has 1 N–H and O–H groups in total. The summed E-state index contributed by atoms with van der Waals surface area (Å²) in [7, 11) is 0. The zero-order valence-corrected chi connectivity index (χ0v) is 23.3. The van der Waals surface area contributed by atoms with Gasteiger partial charge >= 0.3 is 0 Å². The number of amides is 1. The summed E-state index contributed by atoms with van der Waals surface area (Å²) in [6.07, 6.45) is 0.880. The summed E-state index contributed by atoms with van der Waals surface area (Å²) in [4.78, 5) is 29.6. The fraction of sp³-hybridized carbons (Fsp3) is 0.333. The highest BCUT2D eigenvalue weighted by atomic mass is 16.5. The standard InChI is InChI=1S/C33H38N2O4/c1-5-24-13-15-26(16-14-24)30-29(32(37)33(38)35(30)20-19-34(6-2)7-3)31(36)28-18-17-27(21-23(28)4)39-22-25-11-9-8-10-12-25/h8-18,21,30,36H,5-7,19-20,22H2,1-4H3/b31-29+. The number of hydrogen-bond acceptors (Lipinski definition) is 4. The van der Waals surface area contributed by atoms with Crippen LogP contribution in [0.3, 0.4) is 0 Å². The van der Waals surface area contributed by atoms with Gasteiger partial charge in [0.25, 0.3) is 5.91 Å². The van der Waals surface area contributed by atoms with Crippen LogP contribution in [0.25, 0.3) is 5.76 Å². The first-order chi connectivity index (χ1) is 18.9. The van der Waals surface area contributed by atoms with E-state index in [0.29, 0.717) is 36.6 Å². The molecule has 1 fully saturated rings. The number of ketones is 1. The quantitative estimate of drug-likeness (QED) is 0.236. The van der Waals surface area contributed by atoms with Crippen LogP contribution in [0.1, 0.15) is 54.6 Å². The van der Waals surface area contributed by atoms with Crippen molar-refractivity contribution < 1.29 is 24.3 Å². The predicted molar refractivity (Wildman–Crippen MR) is 151 cm³/mol. The Labute approximate surface area is 231 Å². The number of likely N-dealkylation sites (tertiary alicyclic amines) is 1. The summed E-state index contributed by atoms with van der Waals surface area (Å²) in [5.41, 5.74) is 4.12. The van der Waals surface area contributed by atoms with Gasteiger partial charge in [-0.05, 0) is 67.1 Å². The number of aryl methyl sites for hydroxylation is 2. The molecule has 0 aromatic heterocycles. The molecule has 1 atom stereocenters. The van der Waals surface area contributed by atoms with Crippen LogP contribution in [-0.2, 0) is 22.6 Å². The number of Topliss-reactive ketones (excluding diaryl/α,β-unsaturated/α-hetero) is 1. The number of carbonyl (C=O) groups excluding carboxylic acids is 2. The maximum absolute atomic E-state index is 13.9. The largest absolute Gasteiger partial charge is 0.872 e. The van der Waals surface area contributed by atoms with E-state index >= 15 is 0 Å². The van der Waals surface area contributed by atoms with E-state index in [9.17, 15) is 14.7 Å².